The Bertz CT molecular complexity index is 246. The third kappa shape index (κ3) is 4.65. The first kappa shape index (κ1) is 10.2. The van der Waals surface area contributed by atoms with Crippen molar-refractivity contribution in [2.24, 2.45) is 0 Å². The molecule has 1 aromatic rings. The lowest BCUT2D eigenvalue weighted by atomic mass is 10.3. The summed E-state index contributed by atoms with van der Waals surface area (Å²) >= 11 is 5.36. The molecule has 0 fully saturated rings. The first-order valence-electron chi connectivity index (χ1n) is 4.29. The Labute approximate surface area is 83.6 Å². The van der Waals surface area contributed by atoms with Crippen LogP contribution in [-0.2, 0) is 6.42 Å². The minimum absolute atomic E-state index is 0.816. The fourth-order valence-electron chi connectivity index (χ4n) is 0.992. The van der Waals surface area contributed by atoms with Crippen molar-refractivity contribution in [2.45, 2.75) is 6.42 Å². The highest BCUT2D eigenvalue weighted by atomic mass is 35.5. The van der Waals surface area contributed by atoms with Crippen LogP contribution in [0.25, 0.3) is 0 Å². The molecule has 0 unspecified atom stereocenters. The highest BCUT2D eigenvalue weighted by molar-refractivity contribution is 6.25. The number of aromatic nitrogens is 1. The molecule has 0 atom stereocenters. The molecular formula is C10H13ClN2. The van der Waals surface area contributed by atoms with Crippen LogP contribution in [0.5, 0.6) is 0 Å². The van der Waals surface area contributed by atoms with Gasteiger partial charge in [-0.3, -0.25) is 4.98 Å². The van der Waals surface area contributed by atoms with E-state index >= 15 is 0 Å². The molecule has 3 heteroatoms. The Balaban J connectivity index is 2.13. The summed E-state index contributed by atoms with van der Waals surface area (Å²) < 4.78 is 0. The van der Waals surface area contributed by atoms with Crippen molar-refractivity contribution in [1.29, 1.82) is 0 Å². The van der Waals surface area contributed by atoms with Gasteiger partial charge in [0.05, 0.1) is 0 Å². The number of nitrogens with one attached hydrogen (secondary N) is 1. The molecule has 1 rings (SSSR count). The fourth-order valence-corrected chi connectivity index (χ4v) is 1.08. The molecule has 0 aromatic carbocycles. The average Bonchev–Trinajstić information content (AvgIpc) is 2.19. The zero-order chi connectivity index (χ0) is 9.36. The van der Waals surface area contributed by atoms with Crippen molar-refractivity contribution < 1.29 is 0 Å². The zero-order valence-corrected chi connectivity index (χ0v) is 8.17. The van der Waals surface area contributed by atoms with Crippen LogP contribution in [-0.4, -0.2) is 18.1 Å². The SMILES string of the molecule is Cl/C=C/CNCCc1ccccn1. The van der Waals surface area contributed by atoms with Crippen molar-refractivity contribution >= 4 is 11.6 Å². The van der Waals surface area contributed by atoms with Crippen LogP contribution in [0.4, 0.5) is 0 Å². The molecule has 0 spiro atoms. The molecule has 0 amide bonds. The topological polar surface area (TPSA) is 24.9 Å². The van der Waals surface area contributed by atoms with Crippen molar-refractivity contribution in [3.8, 4) is 0 Å². The van der Waals surface area contributed by atoms with Gasteiger partial charge in [0.1, 0.15) is 0 Å². The number of hydrogen-bond donors (Lipinski definition) is 1. The van der Waals surface area contributed by atoms with Gasteiger partial charge < -0.3 is 5.32 Å². The first-order chi connectivity index (χ1) is 6.43. The monoisotopic (exact) mass is 196 g/mol. The van der Waals surface area contributed by atoms with E-state index in [9.17, 15) is 0 Å². The van der Waals surface area contributed by atoms with Crippen LogP contribution in [0.15, 0.2) is 36.0 Å². The second-order valence-electron chi connectivity index (χ2n) is 2.64. The van der Waals surface area contributed by atoms with E-state index in [1.54, 1.807) is 0 Å². The number of halogens is 1. The molecule has 0 saturated carbocycles. The van der Waals surface area contributed by atoms with Crippen molar-refractivity contribution in [3.63, 3.8) is 0 Å². The minimum atomic E-state index is 0.816. The molecule has 0 saturated heterocycles. The Hall–Kier alpha value is -0.860. The molecule has 2 nitrogen and oxygen atoms in total. The standard InChI is InChI=1S/C10H13ClN2/c11-6-3-7-12-9-5-10-4-1-2-8-13-10/h1-4,6,8,12H,5,7,9H2/b6-3+. The largest absolute Gasteiger partial charge is 0.313 e. The van der Waals surface area contributed by atoms with E-state index in [0.29, 0.717) is 0 Å². The first-order valence-corrected chi connectivity index (χ1v) is 4.73. The van der Waals surface area contributed by atoms with Gasteiger partial charge in [-0.1, -0.05) is 23.7 Å². The molecule has 0 aliphatic heterocycles. The lowest BCUT2D eigenvalue weighted by Crippen LogP contribution is -2.17. The van der Waals surface area contributed by atoms with E-state index in [2.05, 4.69) is 10.3 Å². The maximum Gasteiger partial charge on any atom is 0.0416 e. The van der Waals surface area contributed by atoms with E-state index < -0.39 is 0 Å². The van der Waals surface area contributed by atoms with E-state index in [1.807, 2.05) is 30.5 Å². The predicted octanol–water partition coefficient (Wildman–Crippen LogP) is 1.97. The van der Waals surface area contributed by atoms with Gasteiger partial charge in [-0.05, 0) is 12.1 Å². The molecule has 1 aromatic heterocycles. The summed E-state index contributed by atoms with van der Waals surface area (Å²) in [5.41, 5.74) is 2.64. The quantitative estimate of drug-likeness (QED) is 0.729. The fraction of sp³-hybridized carbons (Fsp3) is 0.300. The summed E-state index contributed by atoms with van der Waals surface area (Å²) in [4.78, 5) is 4.21. The third-order valence-electron chi connectivity index (χ3n) is 1.64. The molecule has 0 bridgehead atoms. The molecule has 1 heterocycles. The van der Waals surface area contributed by atoms with Crippen molar-refractivity contribution in [3.05, 3.63) is 41.7 Å². The second-order valence-corrected chi connectivity index (χ2v) is 2.89. The van der Waals surface area contributed by atoms with Gasteiger partial charge in [-0.25, -0.2) is 0 Å². The van der Waals surface area contributed by atoms with Gasteiger partial charge in [-0.15, -0.1) is 0 Å². The Morgan fingerprint density at radius 3 is 3.08 bits per heavy atom. The van der Waals surface area contributed by atoms with Crippen molar-refractivity contribution in [1.82, 2.24) is 10.3 Å². The zero-order valence-electron chi connectivity index (χ0n) is 7.41. The Morgan fingerprint density at radius 1 is 1.46 bits per heavy atom. The van der Waals surface area contributed by atoms with E-state index in [-0.39, 0.29) is 0 Å². The summed E-state index contributed by atoms with van der Waals surface area (Å²) in [5, 5.41) is 3.22. The van der Waals surface area contributed by atoms with Gasteiger partial charge in [-0.2, -0.15) is 0 Å². The maximum absolute atomic E-state index is 5.36. The lowest BCUT2D eigenvalue weighted by molar-refractivity contribution is 0.734. The Kier molecular flexibility index (Phi) is 5.22. The molecule has 0 radical (unpaired) electrons. The summed E-state index contributed by atoms with van der Waals surface area (Å²) in [6.45, 7) is 1.74. The van der Waals surface area contributed by atoms with E-state index in [0.717, 1.165) is 25.2 Å². The summed E-state index contributed by atoms with van der Waals surface area (Å²) in [7, 11) is 0. The van der Waals surface area contributed by atoms with Crippen LogP contribution in [0, 0.1) is 0 Å². The number of pyridine rings is 1. The van der Waals surface area contributed by atoms with Gasteiger partial charge in [0, 0.05) is 36.9 Å². The number of hydrogen-bond acceptors (Lipinski definition) is 2. The predicted molar refractivity (Wildman–Crippen MR) is 55.8 cm³/mol. The maximum atomic E-state index is 5.36. The molecular weight excluding hydrogens is 184 g/mol. The third-order valence-corrected chi connectivity index (χ3v) is 1.81. The number of rotatable bonds is 5. The van der Waals surface area contributed by atoms with Crippen LogP contribution < -0.4 is 5.32 Å². The summed E-state index contributed by atoms with van der Waals surface area (Å²) in [6, 6.07) is 5.95. The average molecular weight is 197 g/mol. The van der Waals surface area contributed by atoms with Gasteiger partial charge in [0.2, 0.25) is 0 Å². The Morgan fingerprint density at radius 2 is 2.38 bits per heavy atom. The molecule has 70 valence electrons. The van der Waals surface area contributed by atoms with E-state index in [4.69, 9.17) is 11.6 Å². The number of nitrogens with zero attached hydrogens (tertiary/aromatic N) is 1. The lowest BCUT2D eigenvalue weighted by Gasteiger charge is -2.00. The molecule has 13 heavy (non-hydrogen) atoms. The van der Waals surface area contributed by atoms with Crippen LogP contribution in [0.3, 0.4) is 0 Å². The highest BCUT2D eigenvalue weighted by Gasteiger charge is 1.90. The smallest absolute Gasteiger partial charge is 0.0416 e. The van der Waals surface area contributed by atoms with Crippen LogP contribution in [0.2, 0.25) is 0 Å². The summed E-state index contributed by atoms with van der Waals surface area (Å²) in [6.07, 6.45) is 4.64. The molecule has 0 aliphatic rings. The van der Waals surface area contributed by atoms with Crippen LogP contribution in [0.1, 0.15) is 5.69 Å². The van der Waals surface area contributed by atoms with Crippen LogP contribution >= 0.6 is 11.6 Å². The molecule has 0 aliphatic carbocycles. The molecule has 1 N–H and O–H groups in total. The summed E-state index contributed by atoms with van der Waals surface area (Å²) in [5.74, 6) is 0. The minimum Gasteiger partial charge on any atom is -0.313 e. The second kappa shape index (κ2) is 6.63. The van der Waals surface area contributed by atoms with Gasteiger partial charge in [0.25, 0.3) is 0 Å². The van der Waals surface area contributed by atoms with Gasteiger partial charge >= 0.3 is 0 Å². The highest BCUT2D eigenvalue weighted by Crippen LogP contribution is 1.92. The normalized spacial score (nSPS) is 10.8. The van der Waals surface area contributed by atoms with E-state index in [1.165, 1.54) is 5.54 Å². The van der Waals surface area contributed by atoms with Crippen molar-refractivity contribution in [2.75, 3.05) is 13.1 Å². The van der Waals surface area contributed by atoms with Gasteiger partial charge in [0.15, 0.2) is 0 Å².